The molecule has 0 aromatic heterocycles. The summed E-state index contributed by atoms with van der Waals surface area (Å²) in [6, 6.07) is -12.1. The maximum Gasteiger partial charge on any atom is 0.325 e. The van der Waals surface area contributed by atoms with Crippen molar-refractivity contribution in [1.29, 1.82) is 0 Å². The van der Waals surface area contributed by atoms with Crippen molar-refractivity contribution in [3.05, 3.63) is 0 Å². The zero-order valence-corrected chi connectivity index (χ0v) is 32.4. The van der Waals surface area contributed by atoms with Gasteiger partial charge in [0.1, 0.15) is 42.3 Å². The van der Waals surface area contributed by atoms with Crippen LogP contribution in [0.5, 0.6) is 0 Å². The van der Waals surface area contributed by atoms with E-state index in [1.54, 1.807) is 0 Å². The molecule has 324 valence electrons. The quantitative estimate of drug-likeness (QED) is 0.0407. The Kier molecular flexibility index (Phi) is 22.5. The van der Waals surface area contributed by atoms with Crippen LogP contribution < -0.4 is 54.0 Å². The number of aliphatic hydroxyl groups excluding tert-OH is 4. The predicted molar refractivity (Wildman–Crippen MR) is 194 cm³/mol. The van der Waals surface area contributed by atoms with Crippen LogP contribution in [0.15, 0.2) is 0 Å². The third kappa shape index (κ3) is 18.3. The zero-order chi connectivity index (χ0) is 44.3. The number of nitrogens with one attached hydrogen (secondary N) is 8. The molecule has 0 radical (unpaired) electrons. The third-order valence-corrected chi connectivity index (χ3v) is 7.96. The number of primary amides is 1. The van der Waals surface area contributed by atoms with Crippen LogP contribution >= 0.6 is 0 Å². The minimum absolute atomic E-state index is 0.157. The van der Waals surface area contributed by atoms with Gasteiger partial charge in [-0.25, -0.2) is 0 Å². The van der Waals surface area contributed by atoms with Crippen molar-refractivity contribution in [2.45, 2.75) is 115 Å². The number of hydrogen-bond acceptors (Lipinski definition) is 15. The summed E-state index contributed by atoms with van der Waals surface area (Å²) in [6.07, 6.45) is -3.48. The van der Waals surface area contributed by atoms with Gasteiger partial charge < -0.3 is 79.5 Å². The average molecular weight is 821 g/mol. The lowest BCUT2D eigenvalue weighted by Gasteiger charge is -2.27. The van der Waals surface area contributed by atoms with Crippen molar-refractivity contribution in [2.24, 2.45) is 17.4 Å². The molecule has 0 heterocycles. The second-order valence-corrected chi connectivity index (χ2v) is 13.4. The van der Waals surface area contributed by atoms with E-state index in [0.29, 0.717) is 0 Å². The fourth-order valence-electron chi connectivity index (χ4n) is 4.48. The number of amides is 9. The van der Waals surface area contributed by atoms with E-state index in [1.807, 2.05) is 0 Å². The summed E-state index contributed by atoms with van der Waals surface area (Å²) in [5, 5.41) is 65.9. The summed E-state index contributed by atoms with van der Waals surface area (Å²) >= 11 is 0. The third-order valence-electron chi connectivity index (χ3n) is 7.96. The Bertz CT molecular complexity index is 1460. The summed E-state index contributed by atoms with van der Waals surface area (Å²) in [7, 11) is 0. The smallest absolute Gasteiger partial charge is 0.325 e. The van der Waals surface area contributed by atoms with Crippen molar-refractivity contribution < 1.29 is 73.5 Å². The summed E-state index contributed by atoms with van der Waals surface area (Å²) in [6.45, 7) is 4.93. The number of carbonyl (C=O) groups is 10. The van der Waals surface area contributed by atoms with E-state index in [2.05, 4.69) is 42.5 Å². The van der Waals surface area contributed by atoms with Crippen molar-refractivity contribution in [3.63, 3.8) is 0 Å². The highest BCUT2D eigenvalue weighted by Crippen LogP contribution is 2.04. The summed E-state index contributed by atoms with van der Waals surface area (Å²) in [5.41, 5.74) is 10.7. The van der Waals surface area contributed by atoms with Crippen LogP contribution in [0, 0.1) is 5.92 Å². The number of aliphatic carboxylic acids is 1. The van der Waals surface area contributed by atoms with Gasteiger partial charge >= 0.3 is 5.97 Å². The largest absolute Gasteiger partial charge is 0.480 e. The lowest BCUT2D eigenvalue weighted by atomic mass is 10.0. The van der Waals surface area contributed by atoms with Crippen LogP contribution in [0.3, 0.4) is 0 Å². The van der Waals surface area contributed by atoms with Gasteiger partial charge in [0.15, 0.2) is 0 Å². The van der Waals surface area contributed by atoms with Crippen LogP contribution in [0.25, 0.3) is 0 Å². The van der Waals surface area contributed by atoms with Crippen molar-refractivity contribution >= 4 is 59.1 Å². The van der Waals surface area contributed by atoms with Gasteiger partial charge in [0.2, 0.25) is 53.2 Å². The summed E-state index contributed by atoms with van der Waals surface area (Å²) < 4.78 is 0. The molecule has 17 N–H and O–H groups in total. The van der Waals surface area contributed by atoms with E-state index in [1.165, 1.54) is 20.8 Å². The van der Waals surface area contributed by atoms with Gasteiger partial charge in [0, 0.05) is 6.42 Å². The van der Waals surface area contributed by atoms with Gasteiger partial charge in [0.05, 0.1) is 38.0 Å². The van der Waals surface area contributed by atoms with Crippen LogP contribution in [0.2, 0.25) is 0 Å². The molecule has 25 nitrogen and oxygen atoms in total. The minimum Gasteiger partial charge on any atom is -0.480 e. The summed E-state index contributed by atoms with van der Waals surface area (Å²) in [5.74, 6) is -10.9. The SMILES string of the molecule is CC(C)[C@H](NC(=O)[C@H](C)NC(=O)[C@@H](NC(=O)[C@H](CO)NC(=O)[C@@H](N)CCC(N)=O)[C@@H](C)O)C(=O)NCC(=O)N[C@@H](CO)C(=O)N[C@H](C(=O)N[C@@H](C)C(=O)O)[C@@H](C)O. The molecular weight excluding hydrogens is 764 g/mol. The predicted octanol–water partition coefficient (Wildman–Crippen LogP) is -8.38. The lowest BCUT2D eigenvalue weighted by Crippen LogP contribution is -2.61. The van der Waals surface area contributed by atoms with E-state index in [0.717, 1.165) is 20.8 Å². The first-order chi connectivity index (χ1) is 26.4. The molecule has 0 bridgehead atoms. The number of carboxylic acids is 1. The molecule has 0 aromatic rings. The highest BCUT2D eigenvalue weighted by atomic mass is 16.4. The van der Waals surface area contributed by atoms with Crippen molar-refractivity contribution in [3.8, 4) is 0 Å². The Labute approximate surface area is 327 Å². The van der Waals surface area contributed by atoms with E-state index >= 15 is 0 Å². The number of carboxylic acid groups (broad SMARTS) is 1. The van der Waals surface area contributed by atoms with Crippen LogP contribution in [0.4, 0.5) is 0 Å². The number of rotatable bonds is 25. The van der Waals surface area contributed by atoms with Crippen LogP contribution in [0.1, 0.15) is 54.4 Å². The average Bonchev–Trinajstić information content (AvgIpc) is 3.12. The molecule has 0 saturated carbocycles. The Morgan fingerprint density at radius 1 is 0.544 bits per heavy atom. The zero-order valence-electron chi connectivity index (χ0n) is 32.4. The molecule has 0 rings (SSSR count). The second-order valence-electron chi connectivity index (χ2n) is 13.4. The molecule has 0 aliphatic rings. The van der Waals surface area contributed by atoms with Gasteiger partial charge in [-0.1, -0.05) is 13.8 Å². The summed E-state index contributed by atoms with van der Waals surface area (Å²) in [4.78, 5) is 124. The number of nitrogens with two attached hydrogens (primary N) is 2. The fourth-order valence-corrected chi connectivity index (χ4v) is 4.48. The molecule has 0 aromatic carbocycles. The topological polar surface area (TPSA) is 420 Å². The number of aliphatic hydroxyl groups is 4. The molecule has 10 atom stereocenters. The van der Waals surface area contributed by atoms with E-state index < -0.39 is 145 Å². The molecule has 0 saturated heterocycles. The Hall–Kier alpha value is -5.50. The molecule has 0 fully saturated rings. The lowest BCUT2D eigenvalue weighted by molar-refractivity contribution is -0.142. The molecule has 0 spiro atoms. The number of hydrogen-bond donors (Lipinski definition) is 15. The molecule has 0 unspecified atom stereocenters. The van der Waals surface area contributed by atoms with Gasteiger partial charge in [-0.2, -0.15) is 0 Å². The maximum absolute atomic E-state index is 13.0. The molecule has 25 heteroatoms. The first kappa shape index (κ1) is 51.5. The van der Waals surface area contributed by atoms with Crippen molar-refractivity contribution in [1.82, 2.24) is 42.5 Å². The first-order valence-corrected chi connectivity index (χ1v) is 17.6. The highest BCUT2D eigenvalue weighted by Gasteiger charge is 2.34. The molecule has 0 aliphatic heterocycles. The monoisotopic (exact) mass is 820 g/mol. The Morgan fingerprint density at radius 2 is 0.982 bits per heavy atom. The standard InChI is InChI=1S/C32H56N10O15/c1-12(2)22(29(53)35-9-21(48)38-18(10-43)27(51)41-24(16(6)46)31(55)37-14(4)32(56)57)40-25(49)13(3)36-30(54)23(15(5)45)42-28(52)19(11-44)39-26(50)17(33)7-8-20(34)47/h12-19,22-24,43-46H,7-11,33H2,1-6H3,(H2,34,47)(H,35,53)(H,36,54)(H,37,55)(H,38,48)(H,39,50)(H,40,49)(H,41,51)(H,42,52)(H,56,57)/t13-,14-,15+,16+,17-,18-,19-,22-,23-,24-/m0/s1. The van der Waals surface area contributed by atoms with E-state index in [9.17, 15) is 68.4 Å². The fraction of sp³-hybridized carbons (Fsp3) is 0.688. The Morgan fingerprint density at radius 3 is 1.39 bits per heavy atom. The first-order valence-electron chi connectivity index (χ1n) is 17.6. The Balaban J connectivity index is 5.42. The maximum atomic E-state index is 13.0. The molecular formula is C32H56N10O15. The van der Waals surface area contributed by atoms with Gasteiger partial charge in [-0.15, -0.1) is 0 Å². The second kappa shape index (κ2) is 24.9. The normalized spacial score (nSPS) is 16.3. The molecule has 0 aliphatic carbocycles. The van der Waals surface area contributed by atoms with Crippen LogP contribution in [-0.2, 0) is 47.9 Å². The van der Waals surface area contributed by atoms with Gasteiger partial charge in [0.25, 0.3) is 0 Å². The highest BCUT2D eigenvalue weighted by molar-refractivity contribution is 5.97. The van der Waals surface area contributed by atoms with Crippen molar-refractivity contribution in [2.75, 3.05) is 19.8 Å². The van der Waals surface area contributed by atoms with Gasteiger partial charge in [-0.05, 0) is 40.0 Å². The van der Waals surface area contributed by atoms with E-state index in [-0.39, 0.29) is 12.8 Å². The molecule has 57 heavy (non-hydrogen) atoms. The van der Waals surface area contributed by atoms with Gasteiger partial charge in [-0.3, -0.25) is 47.9 Å². The minimum atomic E-state index is -1.72. The number of carbonyl (C=O) groups excluding carboxylic acids is 9. The van der Waals surface area contributed by atoms with E-state index in [4.69, 9.17) is 16.6 Å². The van der Waals surface area contributed by atoms with Crippen LogP contribution in [-0.4, -0.2) is 165 Å². The molecule has 9 amide bonds.